The number of para-hydroxylation sites is 2. The van der Waals surface area contributed by atoms with E-state index >= 15 is 0 Å². The molecule has 4 aromatic rings. The third kappa shape index (κ3) is 2.70. The lowest BCUT2D eigenvalue weighted by Gasteiger charge is -2.36. The van der Waals surface area contributed by atoms with Crippen LogP contribution in [0.15, 0.2) is 55.0 Å². The molecular formula is C21H22N6O. The number of imidazole rings is 1. The molecule has 142 valence electrons. The van der Waals surface area contributed by atoms with Gasteiger partial charge in [0.15, 0.2) is 5.69 Å². The van der Waals surface area contributed by atoms with Gasteiger partial charge in [0.2, 0.25) is 0 Å². The Kier molecular flexibility index (Phi) is 4.00. The van der Waals surface area contributed by atoms with E-state index < -0.39 is 0 Å². The quantitative estimate of drug-likeness (QED) is 0.596. The first-order chi connectivity index (χ1) is 13.7. The highest BCUT2D eigenvalue weighted by molar-refractivity contribution is 5.92. The summed E-state index contributed by atoms with van der Waals surface area (Å²) in [5.74, 6) is -0.0164. The van der Waals surface area contributed by atoms with E-state index in [0.717, 1.165) is 29.7 Å². The molecule has 0 radical (unpaired) electrons. The number of H-pyrrole nitrogens is 1. The van der Waals surface area contributed by atoms with Crippen molar-refractivity contribution < 1.29 is 4.79 Å². The molecule has 1 N–H and O–H groups in total. The van der Waals surface area contributed by atoms with Gasteiger partial charge >= 0.3 is 0 Å². The summed E-state index contributed by atoms with van der Waals surface area (Å²) in [7, 11) is 0. The number of rotatable bonds is 4. The van der Waals surface area contributed by atoms with Gasteiger partial charge in [-0.3, -0.25) is 9.89 Å². The Bertz CT molecular complexity index is 1140. The molecule has 0 spiro atoms. The van der Waals surface area contributed by atoms with Gasteiger partial charge in [-0.2, -0.15) is 5.10 Å². The van der Waals surface area contributed by atoms with Crippen molar-refractivity contribution in [2.45, 2.75) is 32.5 Å². The second kappa shape index (κ2) is 6.67. The first-order valence-corrected chi connectivity index (χ1v) is 9.64. The van der Waals surface area contributed by atoms with Gasteiger partial charge in [-0.15, -0.1) is 0 Å². The molecule has 1 unspecified atom stereocenters. The number of hydrogen-bond acceptors (Lipinski definition) is 3. The van der Waals surface area contributed by atoms with Crippen molar-refractivity contribution in [1.29, 1.82) is 0 Å². The zero-order valence-electron chi connectivity index (χ0n) is 15.7. The van der Waals surface area contributed by atoms with Gasteiger partial charge in [0.25, 0.3) is 5.91 Å². The highest BCUT2D eigenvalue weighted by Gasteiger charge is 2.31. The number of hydrogen-bond donors (Lipinski definition) is 1. The molecule has 0 saturated heterocycles. The molecule has 0 aliphatic carbocycles. The van der Waals surface area contributed by atoms with E-state index in [4.69, 9.17) is 0 Å². The SMILES string of the molecule is CCC1c2cccn2CCN1C(=O)c1cc(Cn2cnc3ccccc32)[nH]n1. The summed E-state index contributed by atoms with van der Waals surface area (Å²) >= 11 is 0. The first-order valence-electron chi connectivity index (χ1n) is 9.64. The summed E-state index contributed by atoms with van der Waals surface area (Å²) in [6.07, 6.45) is 4.79. The van der Waals surface area contributed by atoms with Crippen LogP contribution in [-0.4, -0.2) is 41.7 Å². The highest BCUT2D eigenvalue weighted by atomic mass is 16.2. The van der Waals surface area contributed by atoms with Crippen LogP contribution in [0.2, 0.25) is 0 Å². The van der Waals surface area contributed by atoms with Crippen LogP contribution in [0.1, 0.15) is 41.3 Å². The molecule has 7 nitrogen and oxygen atoms in total. The Morgan fingerprint density at radius 1 is 1.21 bits per heavy atom. The molecule has 1 aliphatic rings. The van der Waals surface area contributed by atoms with Crippen molar-refractivity contribution >= 4 is 16.9 Å². The second-order valence-corrected chi connectivity index (χ2v) is 7.19. The van der Waals surface area contributed by atoms with Gasteiger partial charge in [0, 0.05) is 25.0 Å². The maximum absolute atomic E-state index is 13.1. The average Bonchev–Trinajstić information content (AvgIpc) is 3.47. The number of fused-ring (bicyclic) bond motifs is 2. The zero-order chi connectivity index (χ0) is 19.1. The molecule has 1 amide bonds. The van der Waals surface area contributed by atoms with E-state index in [1.807, 2.05) is 47.6 Å². The van der Waals surface area contributed by atoms with E-state index in [9.17, 15) is 4.79 Å². The van der Waals surface area contributed by atoms with Crippen LogP contribution in [-0.2, 0) is 13.1 Å². The van der Waals surface area contributed by atoms with Gasteiger partial charge in [-0.25, -0.2) is 4.98 Å². The maximum atomic E-state index is 13.1. The Labute approximate surface area is 162 Å². The van der Waals surface area contributed by atoms with Gasteiger partial charge in [-0.05, 0) is 36.8 Å². The number of carbonyl (C=O) groups is 1. The van der Waals surface area contributed by atoms with Crippen molar-refractivity contribution in [3.63, 3.8) is 0 Å². The number of aromatic nitrogens is 5. The van der Waals surface area contributed by atoms with Gasteiger partial charge in [0.1, 0.15) is 0 Å². The first kappa shape index (κ1) is 16.8. The number of nitrogens with one attached hydrogen (secondary N) is 1. The largest absolute Gasteiger partial charge is 0.348 e. The van der Waals surface area contributed by atoms with Crippen LogP contribution in [0.3, 0.4) is 0 Å². The molecule has 28 heavy (non-hydrogen) atoms. The summed E-state index contributed by atoms with van der Waals surface area (Å²) in [4.78, 5) is 19.5. The van der Waals surface area contributed by atoms with Crippen LogP contribution in [0.4, 0.5) is 0 Å². The lowest BCUT2D eigenvalue weighted by molar-refractivity contribution is 0.0611. The van der Waals surface area contributed by atoms with E-state index in [-0.39, 0.29) is 11.9 Å². The topological polar surface area (TPSA) is 71.7 Å². The fourth-order valence-corrected chi connectivity index (χ4v) is 4.16. The third-order valence-electron chi connectivity index (χ3n) is 5.53. The molecule has 7 heteroatoms. The zero-order valence-corrected chi connectivity index (χ0v) is 15.7. The van der Waals surface area contributed by atoms with Crippen LogP contribution in [0, 0.1) is 0 Å². The fourth-order valence-electron chi connectivity index (χ4n) is 4.16. The molecule has 5 rings (SSSR count). The Hall–Kier alpha value is -3.35. The van der Waals surface area contributed by atoms with Crippen molar-refractivity contribution in [3.8, 4) is 0 Å². The normalized spacial score (nSPS) is 16.5. The summed E-state index contributed by atoms with van der Waals surface area (Å²) in [6.45, 7) is 4.24. The lowest BCUT2D eigenvalue weighted by Crippen LogP contribution is -2.41. The van der Waals surface area contributed by atoms with Gasteiger partial charge in [-0.1, -0.05) is 19.1 Å². The lowest BCUT2D eigenvalue weighted by atomic mass is 10.1. The Morgan fingerprint density at radius 2 is 2.11 bits per heavy atom. The molecule has 1 aliphatic heterocycles. The minimum atomic E-state index is -0.0164. The molecule has 0 saturated carbocycles. The van der Waals surface area contributed by atoms with E-state index in [0.29, 0.717) is 18.8 Å². The van der Waals surface area contributed by atoms with E-state index in [1.165, 1.54) is 5.69 Å². The van der Waals surface area contributed by atoms with Crippen molar-refractivity contribution in [3.05, 3.63) is 72.1 Å². The van der Waals surface area contributed by atoms with Crippen LogP contribution >= 0.6 is 0 Å². The van der Waals surface area contributed by atoms with E-state index in [1.54, 1.807) is 0 Å². The smallest absolute Gasteiger partial charge is 0.274 e. The fraction of sp³-hybridized carbons (Fsp3) is 0.286. The van der Waals surface area contributed by atoms with Gasteiger partial charge in [0.05, 0.1) is 35.6 Å². The molecule has 0 fully saturated rings. The minimum absolute atomic E-state index is 0.0164. The predicted molar refractivity (Wildman–Crippen MR) is 106 cm³/mol. The molecule has 3 aromatic heterocycles. The third-order valence-corrected chi connectivity index (χ3v) is 5.53. The molecular weight excluding hydrogens is 352 g/mol. The molecule has 1 atom stereocenters. The minimum Gasteiger partial charge on any atom is -0.348 e. The molecule has 1 aromatic carbocycles. The van der Waals surface area contributed by atoms with E-state index in [2.05, 4.69) is 43.5 Å². The van der Waals surface area contributed by atoms with Crippen molar-refractivity contribution in [1.82, 2.24) is 29.2 Å². The Balaban J connectivity index is 1.38. The molecule has 4 heterocycles. The maximum Gasteiger partial charge on any atom is 0.274 e. The molecule has 0 bridgehead atoms. The van der Waals surface area contributed by atoms with Gasteiger partial charge < -0.3 is 14.0 Å². The number of amides is 1. The van der Waals surface area contributed by atoms with Crippen LogP contribution in [0.5, 0.6) is 0 Å². The summed E-state index contributed by atoms with van der Waals surface area (Å²) in [6, 6.07) is 14.1. The van der Waals surface area contributed by atoms with Crippen LogP contribution < -0.4 is 0 Å². The number of aromatic amines is 1. The second-order valence-electron chi connectivity index (χ2n) is 7.19. The standard InChI is InChI=1S/C21H22N6O/c1-2-18-20-8-5-9-25(20)10-11-27(18)21(28)17-12-15(23-24-17)13-26-14-22-16-6-3-4-7-19(16)26/h3-9,12,14,18H,2,10-11,13H2,1H3,(H,23,24). The summed E-state index contributed by atoms with van der Waals surface area (Å²) in [5.41, 5.74) is 4.58. The monoisotopic (exact) mass is 374 g/mol. The van der Waals surface area contributed by atoms with Crippen molar-refractivity contribution in [2.75, 3.05) is 6.54 Å². The van der Waals surface area contributed by atoms with Crippen LogP contribution in [0.25, 0.3) is 11.0 Å². The average molecular weight is 374 g/mol. The number of nitrogens with zero attached hydrogens (tertiary/aromatic N) is 5. The number of carbonyl (C=O) groups excluding carboxylic acids is 1. The summed E-state index contributed by atoms with van der Waals surface area (Å²) < 4.78 is 4.29. The Morgan fingerprint density at radius 3 is 3.00 bits per heavy atom. The number of benzene rings is 1. The highest BCUT2D eigenvalue weighted by Crippen LogP contribution is 2.29. The summed E-state index contributed by atoms with van der Waals surface area (Å²) in [5, 5.41) is 7.33. The predicted octanol–water partition coefficient (Wildman–Crippen LogP) is 3.22. The van der Waals surface area contributed by atoms with Crippen molar-refractivity contribution in [2.24, 2.45) is 0 Å².